The topological polar surface area (TPSA) is 58.2 Å². The van der Waals surface area contributed by atoms with Crippen LogP contribution < -0.4 is 10.6 Å². The van der Waals surface area contributed by atoms with E-state index in [0.717, 1.165) is 36.1 Å². The van der Waals surface area contributed by atoms with E-state index in [4.69, 9.17) is 0 Å². The van der Waals surface area contributed by atoms with Crippen molar-refractivity contribution >= 4 is 28.2 Å². The number of rotatable bonds is 5. The van der Waals surface area contributed by atoms with Crippen molar-refractivity contribution in [1.82, 2.24) is 5.32 Å². The number of thiophene rings is 1. The van der Waals surface area contributed by atoms with Gasteiger partial charge in [-0.1, -0.05) is 31.4 Å². The Morgan fingerprint density at radius 3 is 2.54 bits per heavy atom. The molecule has 0 radical (unpaired) electrons. The highest BCUT2D eigenvalue weighted by Gasteiger charge is 2.23. The van der Waals surface area contributed by atoms with Gasteiger partial charge in [-0.2, -0.15) is 0 Å². The Labute approximate surface area is 156 Å². The van der Waals surface area contributed by atoms with Gasteiger partial charge in [0, 0.05) is 17.3 Å². The third-order valence-corrected chi connectivity index (χ3v) is 5.64. The van der Waals surface area contributed by atoms with Crippen LogP contribution in [0.4, 0.5) is 9.39 Å². The highest BCUT2D eigenvalue weighted by Crippen LogP contribution is 2.30. The third-order valence-electron chi connectivity index (χ3n) is 4.68. The summed E-state index contributed by atoms with van der Waals surface area (Å²) in [6.45, 7) is 2.22. The van der Waals surface area contributed by atoms with Gasteiger partial charge in [0.05, 0.1) is 5.56 Å². The van der Waals surface area contributed by atoms with E-state index >= 15 is 0 Å². The second-order valence-electron chi connectivity index (χ2n) is 6.73. The van der Waals surface area contributed by atoms with Crippen molar-refractivity contribution in [3.05, 3.63) is 52.2 Å². The Morgan fingerprint density at radius 1 is 1.15 bits per heavy atom. The first-order valence-corrected chi connectivity index (χ1v) is 9.78. The summed E-state index contributed by atoms with van der Waals surface area (Å²) >= 11 is 1.42. The Balaban J connectivity index is 1.64. The first kappa shape index (κ1) is 18.6. The number of benzene rings is 1. The van der Waals surface area contributed by atoms with E-state index in [1.165, 1.54) is 29.9 Å². The summed E-state index contributed by atoms with van der Waals surface area (Å²) < 4.78 is 13.0. The third kappa shape index (κ3) is 4.69. The monoisotopic (exact) mass is 374 g/mol. The van der Waals surface area contributed by atoms with Crippen LogP contribution in [0.1, 0.15) is 52.9 Å². The van der Waals surface area contributed by atoms with Crippen LogP contribution in [0.3, 0.4) is 0 Å². The smallest absolute Gasteiger partial charge is 0.254 e. The second-order valence-corrected chi connectivity index (χ2v) is 7.99. The van der Waals surface area contributed by atoms with Crippen LogP contribution in [-0.2, 0) is 11.3 Å². The molecule has 4 nitrogen and oxygen atoms in total. The molecule has 3 rings (SSSR count). The van der Waals surface area contributed by atoms with Gasteiger partial charge in [0.1, 0.15) is 10.8 Å². The molecule has 1 aliphatic rings. The molecule has 0 spiro atoms. The molecule has 2 aromatic rings. The number of carbonyl (C=O) groups is 2. The molecule has 1 fully saturated rings. The zero-order valence-corrected chi connectivity index (χ0v) is 15.6. The Bertz CT molecular complexity index is 780. The van der Waals surface area contributed by atoms with E-state index in [1.807, 2.05) is 6.92 Å². The number of halogens is 1. The minimum Gasteiger partial charge on any atom is -0.348 e. The molecule has 2 N–H and O–H groups in total. The first-order valence-electron chi connectivity index (χ1n) is 8.97. The Morgan fingerprint density at radius 2 is 1.85 bits per heavy atom. The summed E-state index contributed by atoms with van der Waals surface area (Å²) in [4.78, 5) is 26.0. The van der Waals surface area contributed by atoms with E-state index in [9.17, 15) is 14.0 Å². The van der Waals surface area contributed by atoms with Gasteiger partial charge in [-0.3, -0.25) is 9.59 Å². The second kappa shape index (κ2) is 8.45. The lowest BCUT2D eigenvalue weighted by Crippen LogP contribution is -2.27. The van der Waals surface area contributed by atoms with Crippen LogP contribution in [-0.4, -0.2) is 11.8 Å². The number of amides is 2. The van der Waals surface area contributed by atoms with Crippen molar-refractivity contribution in [2.45, 2.75) is 45.6 Å². The molecule has 6 heteroatoms. The number of aryl methyl sites for hydroxylation is 1. The molecule has 0 bridgehead atoms. The van der Waals surface area contributed by atoms with Crippen LogP contribution >= 0.6 is 11.3 Å². The van der Waals surface area contributed by atoms with Gasteiger partial charge < -0.3 is 10.6 Å². The maximum Gasteiger partial charge on any atom is 0.254 e. The fraction of sp³-hybridized carbons (Fsp3) is 0.400. The zero-order valence-electron chi connectivity index (χ0n) is 14.8. The summed E-state index contributed by atoms with van der Waals surface area (Å²) in [7, 11) is 0. The van der Waals surface area contributed by atoms with Crippen molar-refractivity contribution in [1.29, 1.82) is 0 Å². The molecule has 0 saturated heterocycles. The fourth-order valence-corrected chi connectivity index (χ4v) is 4.15. The normalized spacial score (nSPS) is 14.8. The molecule has 1 saturated carbocycles. The average molecular weight is 374 g/mol. The van der Waals surface area contributed by atoms with Gasteiger partial charge >= 0.3 is 0 Å². The number of carbonyl (C=O) groups excluding carboxylic acids is 2. The van der Waals surface area contributed by atoms with E-state index in [0.29, 0.717) is 17.1 Å². The van der Waals surface area contributed by atoms with E-state index in [1.54, 1.807) is 18.2 Å². The van der Waals surface area contributed by atoms with Crippen molar-refractivity contribution < 1.29 is 14.0 Å². The van der Waals surface area contributed by atoms with Crippen LogP contribution in [0.15, 0.2) is 30.3 Å². The molecule has 0 atom stereocenters. The molecule has 26 heavy (non-hydrogen) atoms. The average Bonchev–Trinajstić information content (AvgIpc) is 3.02. The van der Waals surface area contributed by atoms with E-state index < -0.39 is 0 Å². The quantitative estimate of drug-likeness (QED) is 0.801. The Kier molecular flexibility index (Phi) is 6.04. The van der Waals surface area contributed by atoms with Crippen LogP contribution in [0, 0.1) is 18.7 Å². The van der Waals surface area contributed by atoms with Crippen LogP contribution in [0.2, 0.25) is 0 Å². The molecule has 1 heterocycles. The molecule has 2 amide bonds. The molecular weight excluding hydrogens is 351 g/mol. The predicted molar refractivity (Wildman–Crippen MR) is 102 cm³/mol. The zero-order chi connectivity index (χ0) is 18.5. The van der Waals surface area contributed by atoms with Crippen LogP contribution in [0.5, 0.6) is 0 Å². The highest BCUT2D eigenvalue weighted by molar-refractivity contribution is 7.16. The lowest BCUT2D eigenvalue weighted by molar-refractivity contribution is -0.120. The molecule has 1 aromatic carbocycles. The first-order chi connectivity index (χ1) is 12.5. The molecule has 0 aliphatic heterocycles. The lowest BCUT2D eigenvalue weighted by Gasteiger charge is -2.20. The summed E-state index contributed by atoms with van der Waals surface area (Å²) in [5.41, 5.74) is 1.30. The van der Waals surface area contributed by atoms with Gasteiger partial charge in [0.15, 0.2) is 0 Å². The summed E-state index contributed by atoms with van der Waals surface area (Å²) in [5, 5.41) is 6.40. The van der Waals surface area contributed by atoms with Gasteiger partial charge in [0.2, 0.25) is 5.91 Å². The molecular formula is C20H23FN2O2S. The minimum absolute atomic E-state index is 0.0131. The summed E-state index contributed by atoms with van der Waals surface area (Å²) in [6.07, 6.45) is 5.21. The Hall–Kier alpha value is -2.21. The van der Waals surface area contributed by atoms with Crippen molar-refractivity contribution in [2.75, 3.05) is 5.32 Å². The van der Waals surface area contributed by atoms with Crippen LogP contribution in [0.25, 0.3) is 0 Å². The maximum absolute atomic E-state index is 13.0. The molecule has 1 aliphatic carbocycles. The molecule has 0 unspecified atom stereocenters. The number of nitrogens with one attached hydrogen (secondary N) is 2. The van der Waals surface area contributed by atoms with Crippen molar-refractivity contribution in [3.8, 4) is 0 Å². The van der Waals surface area contributed by atoms with Gasteiger partial charge in [0.25, 0.3) is 5.91 Å². The van der Waals surface area contributed by atoms with Crippen molar-refractivity contribution in [2.24, 2.45) is 5.92 Å². The highest BCUT2D eigenvalue weighted by atomic mass is 32.1. The summed E-state index contributed by atoms with van der Waals surface area (Å²) in [6, 6.07) is 7.81. The minimum atomic E-state index is -0.304. The largest absolute Gasteiger partial charge is 0.348 e. The molecule has 138 valence electrons. The molecule has 1 aromatic heterocycles. The van der Waals surface area contributed by atoms with E-state index in [-0.39, 0.29) is 23.5 Å². The van der Waals surface area contributed by atoms with E-state index in [2.05, 4.69) is 10.6 Å². The predicted octanol–water partition coefficient (Wildman–Crippen LogP) is 4.64. The van der Waals surface area contributed by atoms with Gasteiger partial charge in [-0.15, -0.1) is 11.3 Å². The number of hydrogen-bond donors (Lipinski definition) is 2. The number of hydrogen-bond acceptors (Lipinski definition) is 3. The lowest BCUT2D eigenvalue weighted by atomic mass is 9.89. The summed E-state index contributed by atoms with van der Waals surface area (Å²) in [5.74, 6) is -0.487. The van der Waals surface area contributed by atoms with Gasteiger partial charge in [-0.25, -0.2) is 4.39 Å². The van der Waals surface area contributed by atoms with Crippen molar-refractivity contribution in [3.63, 3.8) is 0 Å². The SMILES string of the molecule is Cc1cc(C(=O)NCc2ccc(F)cc2)c(NC(=O)C2CCCCC2)s1. The maximum atomic E-state index is 13.0. The fourth-order valence-electron chi connectivity index (χ4n) is 3.23. The number of anilines is 1. The standard InChI is InChI=1S/C20H23FN2O2S/c1-13-11-17(19(25)22-12-14-7-9-16(21)10-8-14)20(26-13)23-18(24)15-5-3-2-4-6-15/h7-11,15H,2-6,12H2,1H3,(H,22,25)(H,23,24). The van der Waals surface area contributed by atoms with Gasteiger partial charge in [-0.05, 0) is 43.5 Å².